The molecular weight excluding hydrogens is 428 g/mol. The lowest BCUT2D eigenvalue weighted by Crippen LogP contribution is -2.48. The molecule has 9 nitrogen and oxygen atoms in total. The molecule has 0 aliphatic carbocycles. The number of anilines is 3. The fraction of sp³-hybridized carbons (Fsp3) is 0.200. The summed E-state index contributed by atoms with van der Waals surface area (Å²) in [5.74, 6) is 2.54. The Labute approximate surface area is 197 Å². The van der Waals surface area contributed by atoms with Crippen molar-refractivity contribution in [1.82, 2.24) is 30.2 Å². The fourth-order valence-corrected chi connectivity index (χ4v) is 3.56. The predicted molar refractivity (Wildman–Crippen MR) is 130 cm³/mol. The van der Waals surface area contributed by atoms with E-state index in [1.807, 2.05) is 49.4 Å². The van der Waals surface area contributed by atoms with Crippen molar-refractivity contribution in [2.24, 2.45) is 5.92 Å². The van der Waals surface area contributed by atoms with Gasteiger partial charge in [-0.1, -0.05) is 18.2 Å². The van der Waals surface area contributed by atoms with Crippen molar-refractivity contribution in [2.75, 3.05) is 23.7 Å². The summed E-state index contributed by atoms with van der Waals surface area (Å²) < 4.78 is 0. The maximum Gasteiger partial charge on any atom is 0.230 e. The molecule has 0 unspecified atom stereocenters. The van der Waals surface area contributed by atoms with Gasteiger partial charge in [0.05, 0.1) is 5.92 Å². The summed E-state index contributed by atoms with van der Waals surface area (Å²) in [5.41, 5.74) is 3.41. The zero-order valence-electron chi connectivity index (χ0n) is 18.7. The molecule has 4 aromatic rings. The number of amides is 1. The van der Waals surface area contributed by atoms with Crippen LogP contribution >= 0.6 is 0 Å². The largest absolute Gasteiger partial charge is 0.326 e. The SMILES string of the molecule is Cc1cccc(-c2nccc(Nc3ccnc(Cc4cccc(NC(=O)C5CNC5)c4)n3)n2)n1. The smallest absolute Gasteiger partial charge is 0.230 e. The Bertz CT molecular complexity index is 1320. The fourth-order valence-electron chi connectivity index (χ4n) is 3.56. The number of carbonyl (C=O) groups is 1. The molecule has 4 heterocycles. The number of nitrogens with one attached hydrogen (secondary N) is 3. The Kier molecular flexibility index (Phi) is 6.17. The van der Waals surface area contributed by atoms with Gasteiger partial charge in [0.25, 0.3) is 0 Å². The predicted octanol–water partition coefficient (Wildman–Crippen LogP) is 3.13. The zero-order valence-corrected chi connectivity index (χ0v) is 18.7. The van der Waals surface area contributed by atoms with Crippen LogP contribution < -0.4 is 16.0 Å². The number of hydrogen-bond donors (Lipinski definition) is 3. The van der Waals surface area contributed by atoms with Crippen LogP contribution in [0.3, 0.4) is 0 Å². The first-order valence-corrected chi connectivity index (χ1v) is 11.1. The van der Waals surface area contributed by atoms with E-state index in [1.165, 1.54) is 0 Å². The highest BCUT2D eigenvalue weighted by Crippen LogP contribution is 2.19. The Hall–Kier alpha value is -4.24. The van der Waals surface area contributed by atoms with Crippen molar-refractivity contribution in [3.63, 3.8) is 0 Å². The Balaban J connectivity index is 1.28. The van der Waals surface area contributed by atoms with Crippen molar-refractivity contribution in [2.45, 2.75) is 13.3 Å². The number of aryl methyl sites for hydroxylation is 1. The van der Waals surface area contributed by atoms with Crippen LogP contribution in [0, 0.1) is 12.8 Å². The van der Waals surface area contributed by atoms with E-state index in [0.29, 0.717) is 35.4 Å². The van der Waals surface area contributed by atoms with Crippen LogP contribution in [0.1, 0.15) is 17.1 Å². The molecule has 0 saturated carbocycles. The number of carbonyl (C=O) groups excluding carboxylic acids is 1. The van der Waals surface area contributed by atoms with Gasteiger partial charge in [-0.05, 0) is 48.9 Å². The number of pyridine rings is 1. The van der Waals surface area contributed by atoms with Crippen LogP contribution in [0.2, 0.25) is 0 Å². The molecule has 34 heavy (non-hydrogen) atoms. The van der Waals surface area contributed by atoms with Gasteiger partial charge < -0.3 is 16.0 Å². The van der Waals surface area contributed by atoms with Gasteiger partial charge >= 0.3 is 0 Å². The molecule has 1 saturated heterocycles. The van der Waals surface area contributed by atoms with E-state index in [9.17, 15) is 4.79 Å². The second kappa shape index (κ2) is 9.72. The monoisotopic (exact) mass is 452 g/mol. The summed E-state index contributed by atoms with van der Waals surface area (Å²) in [7, 11) is 0. The Morgan fingerprint density at radius 2 is 1.76 bits per heavy atom. The van der Waals surface area contributed by atoms with Crippen molar-refractivity contribution >= 4 is 23.2 Å². The van der Waals surface area contributed by atoms with Gasteiger partial charge in [0.15, 0.2) is 5.82 Å². The second-order valence-electron chi connectivity index (χ2n) is 8.13. The van der Waals surface area contributed by atoms with E-state index in [-0.39, 0.29) is 11.8 Å². The molecule has 170 valence electrons. The van der Waals surface area contributed by atoms with Gasteiger partial charge in [-0.3, -0.25) is 4.79 Å². The minimum atomic E-state index is 0.0405. The average molecular weight is 453 g/mol. The molecule has 0 bridgehead atoms. The van der Waals surface area contributed by atoms with Crippen LogP contribution in [0.4, 0.5) is 17.3 Å². The summed E-state index contributed by atoms with van der Waals surface area (Å²) in [6.07, 6.45) is 3.94. The lowest BCUT2D eigenvalue weighted by Gasteiger charge is -2.25. The lowest BCUT2D eigenvalue weighted by molar-refractivity contribution is -0.121. The van der Waals surface area contributed by atoms with Gasteiger partial charge in [-0.15, -0.1) is 0 Å². The van der Waals surface area contributed by atoms with Crippen molar-refractivity contribution < 1.29 is 4.79 Å². The quantitative estimate of drug-likeness (QED) is 0.392. The van der Waals surface area contributed by atoms with Crippen LogP contribution in [0.5, 0.6) is 0 Å². The number of nitrogens with zero attached hydrogens (tertiary/aromatic N) is 5. The molecule has 1 amide bonds. The third-order valence-corrected chi connectivity index (χ3v) is 5.44. The van der Waals surface area contributed by atoms with Gasteiger partial charge in [-0.2, -0.15) is 0 Å². The first-order chi connectivity index (χ1) is 16.6. The third-order valence-electron chi connectivity index (χ3n) is 5.44. The molecule has 1 aromatic carbocycles. The van der Waals surface area contributed by atoms with Gasteiger partial charge in [-0.25, -0.2) is 24.9 Å². The molecule has 3 aromatic heterocycles. The van der Waals surface area contributed by atoms with E-state index in [4.69, 9.17) is 0 Å². The van der Waals surface area contributed by atoms with Gasteiger partial charge in [0, 0.05) is 43.3 Å². The molecule has 1 aliphatic rings. The van der Waals surface area contributed by atoms with Crippen LogP contribution in [0.15, 0.2) is 67.0 Å². The lowest BCUT2D eigenvalue weighted by atomic mass is 10.0. The molecule has 3 N–H and O–H groups in total. The molecular formula is C25H24N8O. The van der Waals surface area contributed by atoms with E-state index in [2.05, 4.69) is 40.9 Å². The second-order valence-corrected chi connectivity index (χ2v) is 8.13. The molecule has 0 spiro atoms. The van der Waals surface area contributed by atoms with E-state index in [1.54, 1.807) is 24.5 Å². The summed E-state index contributed by atoms with van der Waals surface area (Å²) in [4.78, 5) is 34.6. The number of aromatic nitrogens is 5. The minimum absolute atomic E-state index is 0.0405. The Morgan fingerprint density at radius 1 is 0.971 bits per heavy atom. The first-order valence-electron chi connectivity index (χ1n) is 11.1. The highest BCUT2D eigenvalue weighted by Gasteiger charge is 2.24. The highest BCUT2D eigenvalue weighted by molar-refractivity contribution is 5.93. The van der Waals surface area contributed by atoms with Crippen LogP contribution in [-0.2, 0) is 11.2 Å². The zero-order chi connectivity index (χ0) is 23.3. The third kappa shape index (κ3) is 5.21. The number of hydrogen-bond acceptors (Lipinski definition) is 8. The Morgan fingerprint density at radius 3 is 2.56 bits per heavy atom. The minimum Gasteiger partial charge on any atom is -0.326 e. The first kappa shape index (κ1) is 21.6. The molecule has 1 fully saturated rings. The normalized spacial score (nSPS) is 13.2. The summed E-state index contributed by atoms with van der Waals surface area (Å²) in [5, 5.41) is 9.32. The van der Waals surface area contributed by atoms with E-state index >= 15 is 0 Å². The molecule has 9 heteroatoms. The standard InChI is InChI=1S/C25H24N8O/c1-16-4-2-7-20(29-16)24-28-11-9-22(33-24)31-21-8-10-27-23(32-21)13-17-5-3-6-19(12-17)30-25(34)18-14-26-15-18/h2-12,18,26H,13-15H2,1H3,(H,30,34)(H,27,28,31,32,33). The summed E-state index contributed by atoms with van der Waals surface area (Å²) >= 11 is 0. The van der Waals surface area contributed by atoms with Crippen molar-refractivity contribution in [3.05, 3.63) is 84.1 Å². The van der Waals surface area contributed by atoms with E-state index < -0.39 is 0 Å². The van der Waals surface area contributed by atoms with Crippen LogP contribution in [0.25, 0.3) is 11.5 Å². The maximum absolute atomic E-state index is 12.2. The average Bonchev–Trinajstić information content (AvgIpc) is 2.78. The topological polar surface area (TPSA) is 118 Å². The van der Waals surface area contributed by atoms with E-state index in [0.717, 1.165) is 30.0 Å². The molecule has 5 rings (SSSR count). The number of rotatable bonds is 7. The van der Waals surface area contributed by atoms with Gasteiger partial charge in [0.1, 0.15) is 23.2 Å². The van der Waals surface area contributed by atoms with Crippen molar-refractivity contribution in [1.29, 1.82) is 0 Å². The van der Waals surface area contributed by atoms with Gasteiger partial charge in [0.2, 0.25) is 5.91 Å². The highest BCUT2D eigenvalue weighted by atomic mass is 16.2. The number of benzene rings is 1. The molecule has 0 atom stereocenters. The van der Waals surface area contributed by atoms with Crippen LogP contribution in [-0.4, -0.2) is 43.9 Å². The summed E-state index contributed by atoms with van der Waals surface area (Å²) in [6.45, 7) is 3.40. The molecule has 1 aliphatic heterocycles. The molecule has 0 radical (unpaired) electrons. The van der Waals surface area contributed by atoms with Crippen molar-refractivity contribution in [3.8, 4) is 11.5 Å². The summed E-state index contributed by atoms with van der Waals surface area (Å²) in [6, 6.07) is 17.1. The maximum atomic E-state index is 12.2.